The number of anilines is 3. The lowest BCUT2D eigenvalue weighted by Gasteiger charge is -2.36. The summed E-state index contributed by atoms with van der Waals surface area (Å²) in [6, 6.07) is 15.3. The van der Waals surface area contributed by atoms with E-state index in [2.05, 4.69) is 37.5 Å². The number of rotatable bonds is 9. The molecule has 0 aliphatic carbocycles. The van der Waals surface area contributed by atoms with E-state index < -0.39 is 6.09 Å². The summed E-state index contributed by atoms with van der Waals surface area (Å²) in [6.07, 6.45) is 1.50. The molecule has 2 aliphatic heterocycles. The van der Waals surface area contributed by atoms with Crippen molar-refractivity contribution in [3.63, 3.8) is 0 Å². The molecule has 0 bridgehead atoms. The molecule has 2 heterocycles. The molecule has 9 nitrogen and oxygen atoms in total. The lowest BCUT2D eigenvalue weighted by Crippen LogP contribution is -2.47. The standard InChI is InChI=1S/C27H37N5O4/c1-3-35-25-12-5-4-10-23(25)29-27(34)36-19-18-31-14-16-32(17-15-31)22-9-6-8-21(20-22)28-26(33)24-11-7-13-30(24)2/h4-6,8-10,12,20,24H,3,7,11,13-19H2,1-2H3,(H,28,33)(H,29,34). The minimum absolute atomic E-state index is 0.0408. The van der Waals surface area contributed by atoms with Gasteiger partial charge < -0.3 is 19.7 Å². The highest BCUT2D eigenvalue weighted by atomic mass is 16.5. The van der Waals surface area contributed by atoms with E-state index in [1.54, 1.807) is 6.07 Å². The summed E-state index contributed by atoms with van der Waals surface area (Å²) < 4.78 is 10.9. The molecule has 2 aromatic carbocycles. The molecule has 194 valence electrons. The van der Waals surface area contributed by atoms with Crippen molar-refractivity contribution in [2.24, 2.45) is 0 Å². The van der Waals surface area contributed by atoms with E-state index in [4.69, 9.17) is 9.47 Å². The first-order valence-corrected chi connectivity index (χ1v) is 12.8. The number of carbonyl (C=O) groups is 2. The molecule has 2 aliphatic rings. The average Bonchev–Trinajstić information content (AvgIpc) is 3.32. The van der Waals surface area contributed by atoms with Crippen LogP contribution < -0.4 is 20.3 Å². The second kappa shape index (κ2) is 12.6. The van der Waals surface area contributed by atoms with Crippen LogP contribution in [0.1, 0.15) is 19.8 Å². The molecular formula is C27H37N5O4. The molecule has 0 spiro atoms. The Hall–Kier alpha value is -3.30. The van der Waals surface area contributed by atoms with Crippen LogP contribution in [0.2, 0.25) is 0 Å². The van der Waals surface area contributed by atoms with Crippen LogP contribution >= 0.6 is 0 Å². The zero-order chi connectivity index (χ0) is 25.3. The fraction of sp³-hybridized carbons (Fsp3) is 0.481. The van der Waals surface area contributed by atoms with Crippen molar-refractivity contribution in [3.05, 3.63) is 48.5 Å². The molecule has 4 rings (SSSR count). The number of hydrogen-bond acceptors (Lipinski definition) is 7. The number of likely N-dealkylation sites (tertiary alicyclic amines) is 1. The van der Waals surface area contributed by atoms with Crippen molar-refractivity contribution in [2.75, 3.05) is 75.1 Å². The van der Waals surface area contributed by atoms with E-state index in [-0.39, 0.29) is 11.9 Å². The smallest absolute Gasteiger partial charge is 0.411 e. The van der Waals surface area contributed by atoms with Crippen LogP contribution in [0.3, 0.4) is 0 Å². The molecule has 2 amide bonds. The highest BCUT2D eigenvalue weighted by molar-refractivity contribution is 5.95. The van der Waals surface area contributed by atoms with Crippen LogP contribution in [0.25, 0.3) is 0 Å². The second-order valence-electron chi connectivity index (χ2n) is 9.20. The van der Waals surface area contributed by atoms with Crippen LogP contribution in [0.4, 0.5) is 21.9 Å². The zero-order valence-electron chi connectivity index (χ0n) is 21.2. The Bertz CT molecular complexity index is 1020. The lowest BCUT2D eigenvalue weighted by molar-refractivity contribution is -0.119. The number of piperazine rings is 1. The van der Waals surface area contributed by atoms with Crippen LogP contribution in [0.5, 0.6) is 5.75 Å². The molecule has 0 saturated carbocycles. The lowest BCUT2D eigenvalue weighted by atomic mass is 10.2. The third-order valence-electron chi connectivity index (χ3n) is 6.74. The van der Waals surface area contributed by atoms with Gasteiger partial charge in [-0.3, -0.25) is 19.9 Å². The maximum absolute atomic E-state index is 12.6. The van der Waals surface area contributed by atoms with Gasteiger partial charge in [0.05, 0.1) is 18.3 Å². The SMILES string of the molecule is CCOc1ccccc1NC(=O)OCCN1CCN(c2cccc(NC(=O)C3CCCN3C)c2)CC1. The molecule has 2 fully saturated rings. The van der Waals surface area contributed by atoms with Gasteiger partial charge in [0.15, 0.2) is 0 Å². The minimum atomic E-state index is -0.483. The molecular weight excluding hydrogens is 458 g/mol. The van der Waals surface area contributed by atoms with Crippen molar-refractivity contribution < 1.29 is 19.1 Å². The van der Waals surface area contributed by atoms with Crippen LogP contribution in [-0.2, 0) is 9.53 Å². The molecule has 2 saturated heterocycles. The Labute approximate surface area is 213 Å². The topological polar surface area (TPSA) is 86.4 Å². The largest absolute Gasteiger partial charge is 0.492 e. The van der Waals surface area contributed by atoms with Gasteiger partial charge in [-0.1, -0.05) is 18.2 Å². The number of nitrogens with one attached hydrogen (secondary N) is 2. The minimum Gasteiger partial charge on any atom is -0.492 e. The molecule has 2 aromatic rings. The summed E-state index contributed by atoms with van der Waals surface area (Å²) in [5.74, 6) is 0.699. The van der Waals surface area contributed by atoms with Crippen molar-refractivity contribution in [1.82, 2.24) is 9.80 Å². The normalized spacial score (nSPS) is 18.6. The van der Waals surface area contributed by atoms with Gasteiger partial charge in [-0.2, -0.15) is 0 Å². The van der Waals surface area contributed by atoms with E-state index >= 15 is 0 Å². The van der Waals surface area contributed by atoms with Gasteiger partial charge in [-0.15, -0.1) is 0 Å². The average molecular weight is 496 g/mol. The quantitative estimate of drug-likeness (QED) is 0.551. The van der Waals surface area contributed by atoms with E-state index in [0.29, 0.717) is 31.2 Å². The number of para-hydroxylation sites is 2. The Morgan fingerprint density at radius 3 is 2.56 bits per heavy atom. The molecule has 36 heavy (non-hydrogen) atoms. The van der Waals surface area contributed by atoms with Crippen LogP contribution in [-0.4, -0.2) is 87.4 Å². The first-order valence-electron chi connectivity index (χ1n) is 12.8. The van der Waals surface area contributed by atoms with E-state index in [0.717, 1.165) is 56.9 Å². The van der Waals surface area contributed by atoms with E-state index in [9.17, 15) is 9.59 Å². The third kappa shape index (κ3) is 6.89. The Balaban J connectivity index is 1.19. The number of hydrogen-bond donors (Lipinski definition) is 2. The van der Waals surface area contributed by atoms with Crippen molar-refractivity contribution in [1.29, 1.82) is 0 Å². The van der Waals surface area contributed by atoms with Gasteiger partial charge in [-0.05, 0) is 63.7 Å². The van der Waals surface area contributed by atoms with E-state index in [1.807, 2.05) is 44.3 Å². The maximum Gasteiger partial charge on any atom is 0.411 e. The fourth-order valence-electron chi connectivity index (χ4n) is 4.74. The van der Waals surface area contributed by atoms with Crippen molar-refractivity contribution in [2.45, 2.75) is 25.8 Å². The van der Waals surface area contributed by atoms with Gasteiger partial charge in [0, 0.05) is 44.1 Å². The van der Waals surface area contributed by atoms with Crippen LogP contribution in [0, 0.1) is 0 Å². The summed E-state index contributed by atoms with van der Waals surface area (Å²) in [5, 5.41) is 5.84. The number of ether oxygens (including phenoxy) is 2. The van der Waals surface area contributed by atoms with E-state index in [1.165, 1.54) is 0 Å². The molecule has 1 unspecified atom stereocenters. The molecule has 0 radical (unpaired) electrons. The van der Waals surface area contributed by atoms with Gasteiger partial charge in [0.2, 0.25) is 5.91 Å². The van der Waals surface area contributed by atoms with Gasteiger partial charge in [-0.25, -0.2) is 4.79 Å². The monoisotopic (exact) mass is 495 g/mol. The Morgan fingerprint density at radius 1 is 1.00 bits per heavy atom. The molecule has 0 aromatic heterocycles. The number of nitrogens with zero attached hydrogens (tertiary/aromatic N) is 3. The summed E-state index contributed by atoms with van der Waals surface area (Å²) in [6.45, 7) is 7.89. The number of likely N-dealkylation sites (N-methyl/N-ethyl adjacent to an activating group) is 1. The first-order chi connectivity index (χ1) is 17.5. The summed E-state index contributed by atoms with van der Waals surface area (Å²) in [4.78, 5) is 31.6. The predicted octanol–water partition coefficient (Wildman–Crippen LogP) is 3.49. The highest BCUT2D eigenvalue weighted by Gasteiger charge is 2.27. The Morgan fingerprint density at radius 2 is 1.81 bits per heavy atom. The predicted molar refractivity (Wildman–Crippen MR) is 142 cm³/mol. The number of benzene rings is 2. The van der Waals surface area contributed by atoms with Gasteiger partial charge in [0.25, 0.3) is 0 Å². The number of carbonyl (C=O) groups excluding carboxylic acids is 2. The van der Waals surface area contributed by atoms with Crippen molar-refractivity contribution >= 4 is 29.1 Å². The first kappa shape index (κ1) is 25.8. The molecule has 1 atom stereocenters. The summed E-state index contributed by atoms with van der Waals surface area (Å²) in [5.41, 5.74) is 2.55. The third-order valence-corrected chi connectivity index (χ3v) is 6.74. The zero-order valence-corrected chi connectivity index (χ0v) is 21.2. The van der Waals surface area contributed by atoms with Crippen LogP contribution in [0.15, 0.2) is 48.5 Å². The Kier molecular flexibility index (Phi) is 9.02. The van der Waals surface area contributed by atoms with Crippen molar-refractivity contribution in [3.8, 4) is 5.75 Å². The maximum atomic E-state index is 12.6. The fourth-order valence-corrected chi connectivity index (χ4v) is 4.74. The second-order valence-corrected chi connectivity index (χ2v) is 9.20. The van der Waals surface area contributed by atoms with Gasteiger partial charge >= 0.3 is 6.09 Å². The highest BCUT2D eigenvalue weighted by Crippen LogP contribution is 2.24. The van der Waals surface area contributed by atoms with Gasteiger partial charge in [0.1, 0.15) is 12.4 Å². The summed E-state index contributed by atoms with van der Waals surface area (Å²) in [7, 11) is 2.01. The number of amides is 2. The molecule has 2 N–H and O–H groups in total. The molecule has 9 heteroatoms. The summed E-state index contributed by atoms with van der Waals surface area (Å²) >= 11 is 0.